The first-order valence-corrected chi connectivity index (χ1v) is 7.92. The van der Waals surface area contributed by atoms with Gasteiger partial charge >= 0.3 is 0 Å². The number of imidazole rings is 2. The smallest absolute Gasteiger partial charge is 0.267 e. The fourth-order valence-corrected chi connectivity index (χ4v) is 3.53. The Morgan fingerprint density at radius 3 is 1.60 bits per heavy atom. The Morgan fingerprint density at radius 1 is 0.933 bits per heavy atom. The lowest BCUT2D eigenvalue weighted by Gasteiger charge is -2.24. The van der Waals surface area contributed by atoms with Crippen LogP contribution in [0.25, 0.3) is 0 Å². The van der Waals surface area contributed by atoms with E-state index in [1.807, 2.05) is 26.5 Å². The minimum atomic E-state index is -1.71. The molecule has 0 atom stereocenters. The summed E-state index contributed by atoms with van der Waals surface area (Å²) in [6.45, 7) is 8.57. The quantitative estimate of drug-likeness (QED) is 0.723. The zero-order chi connectivity index (χ0) is 11.1. The van der Waals surface area contributed by atoms with E-state index < -0.39 is 8.40 Å². The fraction of sp³-hybridized carbons (Fsp3) is 0.400. The van der Waals surface area contributed by atoms with Crippen molar-refractivity contribution in [3.05, 3.63) is 36.4 Å². The van der Waals surface area contributed by atoms with Gasteiger partial charge in [0.2, 0.25) is 0 Å². The second-order valence-electron chi connectivity index (χ2n) is 4.34. The normalized spacial score (nSPS) is 12.0. The molecule has 2 rings (SSSR count). The van der Waals surface area contributed by atoms with E-state index >= 15 is 0 Å². The van der Waals surface area contributed by atoms with Crippen molar-refractivity contribution in [2.24, 2.45) is 0 Å². The van der Waals surface area contributed by atoms with Gasteiger partial charge in [-0.2, -0.15) is 0 Å². The van der Waals surface area contributed by atoms with E-state index in [4.69, 9.17) is 0 Å². The monoisotopic (exact) mass is 220 g/mol. The second-order valence-corrected chi connectivity index (χ2v) is 8.36. The van der Waals surface area contributed by atoms with Gasteiger partial charge in [-0.25, -0.2) is 9.97 Å². The van der Waals surface area contributed by atoms with Gasteiger partial charge in [0.25, 0.3) is 8.40 Å². The van der Waals surface area contributed by atoms with Gasteiger partial charge in [0.1, 0.15) is 0 Å². The summed E-state index contributed by atoms with van der Waals surface area (Å²) in [6.07, 6.45) is 8.02. The molecule has 4 nitrogen and oxygen atoms in total. The molecule has 0 unspecified atom stereocenters. The molecule has 0 aliphatic rings. The molecule has 0 aromatic carbocycles. The van der Waals surface area contributed by atoms with Crippen molar-refractivity contribution in [3.63, 3.8) is 0 Å². The number of aryl methyl sites for hydroxylation is 2. The minimum absolute atomic E-state index is 1.06. The summed E-state index contributed by atoms with van der Waals surface area (Å²) >= 11 is 0. The zero-order valence-corrected chi connectivity index (χ0v) is 10.6. The molecule has 0 saturated heterocycles. The number of rotatable bonds is 2. The molecule has 0 aliphatic heterocycles. The summed E-state index contributed by atoms with van der Waals surface area (Å²) < 4.78 is 4.45. The van der Waals surface area contributed by atoms with Crippen molar-refractivity contribution >= 4 is 8.40 Å². The van der Waals surface area contributed by atoms with Gasteiger partial charge in [0, 0.05) is 12.4 Å². The van der Waals surface area contributed by atoms with Crippen molar-refractivity contribution < 1.29 is 0 Å². The number of aromatic nitrogens is 4. The summed E-state index contributed by atoms with van der Waals surface area (Å²) in [6, 6.07) is 0. The first-order chi connectivity index (χ1) is 7.00. The van der Waals surface area contributed by atoms with Crippen molar-refractivity contribution in [1.29, 1.82) is 0 Å². The maximum Gasteiger partial charge on any atom is 0.267 e. The van der Waals surface area contributed by atoms with Crippen LogP contribution in [-0.4, -0.2) is 26.8 Å². The summed E-state index contributed by atoms with van der Waals surface area (Å²) in [5.74, 6) is 0. The van der Waals surface area contributed by atoms with Crippen molar-refractivity contribution in [2.45, 2.75) is 26.9 Å². The third-order valence-corrected chi connectivity index (χ3v) is 5.70. The highest BCUT2D eigenvalue weighted by molar-refractivity contribution is 6.74. The molecule has 0 fully saturated rings. The summed E-state index contributed by atoms with van der Waals surface area (Å²) in [5, 5.41) is 0. The van der Waals surface area contributed by atoms with E-state index in [0.717, 1.165) is 11.4 Å². The molecule has 80 valence electrons. The molecule has 0 radical (unpaired) electrons. The standard InChI is InChI=1S/C10H16N4Si/c1-9-5-13(7-11-9)15(3,4)14-6-10(2)12-8-14/h5-8H,1-4H3. The third kappa shape index (κ3) is 1.74. The Balaban J connectivity index is 2.42. The summed E-state index contributed by atoms with van der Waals surface area (Å²) in [5.41, 5.74) is 2.12. The molecule has 0 aliphatic carbocycles. The molecule has 0 spiro atoms. The maximum absolute atomic E-state index is 4.28. The van der Waals surface area contributed by atoms with Gasteiger partial charge in [-0.05, 0) is 26.9 Å². The first-order valence-electron chi connectivity index (χ1n) is 5.02. The topological polar surface area (TPSA) is 35.6 Å². The zero-order valence-electron chi connectivity index (χ0n) is 9.60. The van der Waals surface area contributed by atoms with Crippen LogP contribution in [0.2, 0.25) is 13.1 Å². The molecule has 0 amide bonds. The van der Waals surface area contributed by atoms with Crippen LogP contribution in [0.5, 0.6) is 0 Å². The highest BCUT2D eigenvalue weighted by Crippen LogP contribution is 2.11. The van der Waals surface area contributed by atoms with Gasteiger partial charge in [-0.1, -0.05) is 0 Å². The van der Waals surface area contributed by atoms with E-state index in [0.29, 0.717) is 0 Å². The second kappa shape index (κ2) is 3.34. The molecule has 0 saturated carbocycles. The molecular weight excluding hydrogens is 204 g/mol. The van der Waals surface area contributed by atoms with Gasteiger partial charge in [-0.3, -0.25) is 0 Å². The number of hydrogen-bond donors (Lipinski definition) is 0. The molecule has 0 bridgehead atoms. The molecular formula is C10H16N4Si. The highest BCUT2D eigenvalue weighted by Gasteiger charge is 2.26. The Kier molecular flexibility index (Phi) is 2.26. The molecule has 2 aromatic heterocycles. The van der Waals surface area contributed by atoms with Crippen LogP contribution in [0, 0.1) is 13.8 Å². The van der Waals surface area contributed by atoms with E-state index in [1.54, 1.807) is 0 Å². The van der Waals surface area contributed by atoms with Crippen LogP contribution in [0.1, 0.15) is 11.4 Å². The number of hydrogen-bond acceptors (Lipinski definition) is 2. The summed E-state index contributed by atoms with van der Waals surface area (Å²) in [7, 11) is -1.71. The lowest BCUT2D eigenvalue weighted by atomic mass is 10.6. The van der Waals surface area contributed by atoms with Gasteiger partial charge in [-0.15, -0.1) is 0 Å². The Hall–Kier alpha value is -1.36. The SMILES string of the molecule is Cc1cn([Si](C)(C)n2cnc(C)c2)cn1. The average molecular weight is 220 g/mol. The summed E-state index contributed by atoms with van der Waals surface area (Å²) in [4.78, 5) is 8.56. The van der Waals surface area contributed by atoms with Crippen molar-refractivity contribution in [1.82, 2.24) is 18.4 Å². The average Bonchev–Trinajstić information content (AvgIpc) is 2.74. The molecule has 2 heterocycles. The van der Waals surface area contributed by atoms with Crippen molar-refractivity contribution in [3.8, 4) is 0 Å². The minimum Gasteiger partial charge on any atom is -0.346 e. The van der Waals surface area contributed by atoms with Crippen molar-refractivity contribution in [2.75, 3.05) is 0 Å². The van der Waals surface area contributed by atoms with Gasteiger partial charge in [0.05, 0.1) is 24.0 Å². The van der Waals surface area contributed by atoms with Crippen LogP contribution in [0.4, 0.5) is 0 Å². The predicted octanol–water partition coefficient (Wildman–Crippen LogP) is 1.79. The van der Waals surface area contributed by atoms with E-state index in [-0.39, 0.29) is 0 Å². The van der Waals surface area contributed by atoms with E-state index in [2.05, 4.69) is 43.9 Å². The molecule has 2 aromatic rings. The molecule has 15 heavy (non-hydrogen) atoms. The Bertz CT molecular complexity index is 427. The number of nitrogens with zero attached hydrogens (tertiary/aromatic N) is 4. The maximum atomic E-state index is 4.28. The van der Waals surface area contributed by atoms with Gasteiger partial charge < -0.3 is 8.47 Å². The fourth-order valence-electron chi connectivity index (χ4n) is 1.57. The van der Waals surface area contributed by atoms with Crippen LogP contribution < -0.4 is 0 Å². The first kappa shape index (κ1) is 10.2. The van der Waals surface area contributed by atoms with E-state index in [9.17, 15) is 0 Å². The van der Waals surface area contributed by atoms with E-state index in [1.165, 1.54) is 0 Å². The van der Waals surface area contributed by atoms with Gasteiger partial charge in [0.15, 0.2) is 0 Å². The van der Waals surface area contributed by atoms with Crippen LogP contribution >= 0.6 is 0 Å². The molecule has 0 N–H and O–H groups in total. The van der Waals surface area contributed by atoms with Crippen LogP contribution in [0.3, 0.4) is 0 Å². The Morgan fingerprint density at radius 2 is 1.33 bits per heavy atom. The highest BCUT2D eigenvalue weighted by atomic mass is 28.3. The lowest BCUT2D eigenvalue weighted by molar-refractivity contribution is 0.993. The predicted molar refractivity (Wildman–Crippen MR) is 62.2 cm³/mol. The van der Waals surface area contributed by atoms with Crippen LogP contribution in [0.15, 0.2) is 25.0 Å². The Labute approximate surface area is 90.8 Å². The lowest BCUT2D eigenvalue weighted by Crippen LogP contribution is -2.43. The third-order valence-electron chi connectivity index (χ3n) is 2.69. The largest absolute Gasteiger partial charge is 0.346 e. The van der Waals surface area contributed by atoms with Crippen LogP contribution in [-0.2, 0) is 0 Å². The molecule has 5 heteroatoms.